The maximum Gasteiger partial charge on any atom is 0.226 e. The standard InChI is InChI=1S/C13H16N2O3S/c1-9-3-4-11(18-9)13-15-10(8-19-13)7-12(16)14-5-6-17-2/h3-4,8H,5-7H2,1-2H3,(H,14,16). The fraction of sp³-hybridized carbons (Fsp3) is 0.385. The molecule has 1 N–H and O–H groups in total. The second kappa shape index (κ2) is 6.49. The minimum absolute atomic E-state index is 0.0514. The Labute approximate surface area is 115 Å². The van der Waals surface area contributed by atoms with E-state index in [0.29, 0.717) is 13.2 Å². The summed E-state index contributed by atoms with van der Waals surface area (Å²) in [4.78, 5) is 16.0. The Balaban J connectivity index is 1.92. The molecule has 0 radical (unpaired) electrons. The van der Waals surface area contributed by atoms with Crippen molar-refractivity contribution in [2.75, 3.05) is 20.3 Å². The molecule has 0 unspecified atom stereocenters. The molecule has 0 bridgehead atoms. The summed E-state index contributed by atoms with van der Waals surface area (Å²) in [5.41, 5.74) is 0.754. The van der Waals surface area contributed by atoms with Crippen molar-refractivity contribution < 1.29 is 13.9 Å². The van der Waals surface area contributed by atoms with Crippen LogP contribution in [0.1, 0.15) is 11.5 Å². The van der Waals surface area contributed by atoms with Gasteiger partial charge < -0.3 is 14.5 Å². The molecule has 2 heterocycles. The Morgan fingerprint density at radius 3 is 3.05 bits per heavy atom. The van der Waals surface area contributed by atoms with Gasteiger partial charge in [0.05, 0.1) is 18.7 Å². The summed E-state index contributed by atoms with van der Waals surface area (Å²) < 4.78 is 10.4. The molecule has 0 aliphatic heterocycles. The number of ether oxygens (including phenoxy) is 1. The number of carbonyl (C=O) groups is 1. The predicted octanol–water partition coefficient (Wildman–Crippen LogP) is 2.02. The Morgan fingerprint density at radius 2 is 2.37 bits per heavy atom. The number of amides is 1. The van der Waals surface area contributed by atoms with Crippen LogP contribution in [0.3, 0.4) is 0 Å². The topological polar surface area (TPSA) is 64.4 Å². The largest absolute Gasteiger partial charge is 0.459 e. The molecule has 0 aliphatic carbocycles. The van der Waals surface area contributed by atoms with Gasteiger partial charge in [0.1, 0.15) is 5.76 Å². The van der Waals surface area contributed by atoms with Crippen LogP contribution < -0.4 is 5.32 Å². The summed E-state index contributed by atoms with van der Waals surface area (Å²) in [6, 6.07) is 3.78. The van der Waals surface area contributed by atoms with Gasteiger partial charge in [-0.25, -0.2) is 4.98 Å². The number of rotatable bonds is 6. The van der Waals surface area contributed by atoms with E-state index in [1.165, 1.54) is 11.3 Å². The van der Waals surface area contributed by atoms with Gasteiger partial charge in [0.15, 0.2) is 10.8 Å². The van der Waals surface area contributed by atoms with E-state index in [1.54, 1.807) is 7.11 Å². The molecule has 0 saturated heterocycles. The first-order valence-electron chi connectivity index (χ1n) is 5.96. The zero-order chi connectivity index (χ0) is 13.7. The number of hydrogen-bond acceptors (Lipinski definition) is 5. The van der Waals surface area contributed by atoms with Crippen molar-refractivity contribution in [2.24, 2.45) is 0 Å². The van der Waals surface area contributed by atoms with Crippen molar-refractivity contribution in [3.63, 3.8) is 0 Å². The van der Waals surface area contributed by atoms with Crippen LogP contribution in [0.5, 0.6) is 0 Å². The number of aryl methyl sites for hydroxylation is 1. The van der Waals surface area contributed by atoms with E-state index in [1.807, 2.05) is 24.4 Å². The van der Waals surface area contributed by atoms with E-state index in [0.717, 1.165) is 22.2 Å². The summed E-state index contributed by atoms with van der Waals surface area (Å²) >= 11 is 1.48. The first-order chi connectivity index (χ1) is 9.19. The molecule has 0 fully saturated rings. The average Bonchev–Trinajstić information content (AvgIpc) is 2.98. The highest BCUT2D eigenvalue weighted by atomic mass is 32.1. The fourth-order valence-corrected chi connectivity index (χ4v) is 2.35. The number of hydrogen-bond donors (Lipinski definition) is 1. The summed E-state index contributed by atoms with van der Waals surface area (Å²) in [7, 11) is 1.60. The lowest BCUT2D eigenvalue weighted by atomic mass is 10.3. The third kappa shape index (κ3) is 3.90. The van der Waals surface area contributed by atoms with Gasteiger partial charge in [-0.05, 0) is 19.1 Å². The van der Waals surface area contributed by atoms with E-state index in [9.17, 15) is 4.79 Å². The number of furan rings is 1. The zero-order valence-electron chi connectivity index (χ0n) is 10.9. The first-order valence-corrected chi connectivity index (χ1v) is 6.84. The Kier molecular flexibility index (Phi) is 4.70. The van der Waals surface area contributed by atoms with Crippen molar-refractivity contribution in [2.45, 2.75) is 13.3 Å². The molecular formula is C13H16N2O3S. The second-order valence-electron chi connectivity index (χ2n) is 4.07. The third-order valence-corrected chi connectivity index (χ3v) is 3.38. The van der Waals surface area contributed by atoms with E-state index in [-0.39, 0.29) is 12.3 Å². The number of aromatic nitrogens is 1. The SMILES string of the molecule is COCCNC(=O)Cc1csc(-c2ccc(C)o2)n1. The quantitative estimate of drug-likeness (QED) is 0.822. The molecule has 2 aromatic rings. The lowest BCUT2D eigenvalue weighted by molar-refractivity contribution is -0.120. The Morgan fingerprint density at radius 1 is 1.53 bits per heavy atom. The molecule has 1 amide bonds. The normalized spacial score (nSPS) is 10.6. The second-order valence-corrected chi connectivity index (χ2v) is 4.93. The molecular weight excluding hydrogens is 264 g/mol. The third-order valence-electron chi connectivity index (χ3n) is 2.47. The molecule has 19 heavy (non-hydrogen) atoms. The Hall–Kier alpha value is -1.66. The minimum atomic E-state index is -0.0514. The van der Waals surface area contributed by atoms with E-state index < -0.39 is 0 Å². The molecule has 0 aliphatic rings. The van der Waals surface area contributed by atoms with Crippen LogP contribution in [0.15, 0.2) is 21.9 Å². The highest BCUT2D eigenvalue weighted by Crippen LogP contribution is 2.25. The van der Waals surface area contributed by atoms with E-state index in [4.69, 9.17) is 9.15 Å². The van der Waals surface area contributed by atoms with Gasteiger partial charge in [-0.3, -0.25) is 4.79 Å². The van der Waals surface area contributed by atoms with Crippen molar-refractivity contribution in [3.05, 3.63) is 29.0 Å². The number of nitrogens with zero attached hydrogens (tertiary/aromatic N) is 1. The molecule has 0 atom stereocenters. The van der Waals surface area contributed by atoms with Crippen LogP contribution in [0.2, 0.25) is 0 Å². The van der Waals surface area contributed by atoms with Crippen LogP contribution >= 0.6 is 11.3 Å². The lowest BCUT2D eigenvalue weighted by Gasteiger charge is -2.02. The number of carbonyl (C=O) groups excluding carboxylic acids is 1. The zero-order valence-corrected chi connectivity index (χ0v) is 11.8. The van der Waals surface area contributed by atoms with E-state index in [2.05, 4.69) is 10.3 Å². The van der Waals surface area contributed by atoms with Crippen LogP contribution in [0.4, 0.5) is 0 Å². The van der Waals surface area contributed by atoms with Crippen molar-refractivity contribution in [1.29, 1.82) is 0 Å². The minimum Gasteiger partial charge on any atom is -0.459 e. The molecule has 5 nitrogen and oxygen atoms in total. The van der Waals surface area contributed by atoms with Gasteiger partial charge in [0.2, 0.25) is 5.91 Å². The average molecular weight is 280 g/mol. The summed E-state index contributed by atoms with van der Waals surface area (Å²) in [5.74, 6) is 1.54. The van der Waals surface area contributed by atoms with Gasteiger partial charge in [-0.2, -0.15) is 0 Å². The highest BCUT2D eigenvalue weighted by Gasteiger charge is 2.10. The molecule has 6 heteroatoms. The summed E-state index contributed by atoms with van der Waals surface area (Å²) in [5, 5.41) is 5.44. The summed E-state index contributed by atoms with van der Waals surface area (Å²) in [6.07, 6.45) is 0.278. The van der Waals surface area contributed by atoms with Crippen LogP contribution in [-0.4, -0.2) is 31.2 Å². The smallest absolute Gasteiger partial charge is 0.226 e. The molecule has 102 valence electrons. The molecule has 2 rings (SSSR count). The van der Waals surface area contributed by atoms with Gasteiger partial charge in [0.25, 0.3) is 0 Å². The van der Waals surface area contributed by atoms with Gasteiger partial charge >= 0.3 is 0 Å². The monoisotopic (exact) mass is 280 g/mol. The van der Waals surface area contributed by atoms with Crippen molar-refractivity contribution in [1.82, 2.24) is 10.3 Å². The van der Waals surface area contributed by atoms with Crippen molar-refractivity contribution in [3.8, 4) is 10.8 Å². The fourth-order valence-electron chi connectivity index (χ4n) is 1.57. The predicted molar refractivity (Wildman–Crippen MR) is 73.1 cm³/mol. The van der Waals surface area contributed by atoms with Gasteiger partial charge in [-0.15, -0.1) is 11.3 Å². The van der Waals surface area contributed by atoms with Crippen molar-refractivity contribution >= 4 is 17.2 Å². The summed E-state index contributed by atoms with van der Waals surface area (Å²) in [6.45, 7) is 2.92. The lowest BCUT2D eigenvalue weighted by Crippen LogP contribution is -2.28. The molecule has 2 aromatic heterocycles. The maximum atomic E-state index is 11.6. The number of thiazole rings is 1. The van der Waals surface area contributed by atoms with Gasteiger partial charge in [-0.1, -0.05) is 0 Å². The number of nitrogens with one attached hydrogen (secondary N) is 1. The number of methoxy groups -OCH3 is 1. The first kappa shape index (κ1) is 13.8. The van der Waals surface area contributed by atoms with E-state index >= 15 is 0 Å². The molecule has 0 spiro atoms. The van der Waals surface area contributed by atoms with Crippen LogP contribution in [0, 0.1) is 6.92 Å². The maximum absolute atomic E-state index is 11.6. The van der Waals surface area contributed by atoms with Crippen LogP contribution in [0.25, 0.3) is 10.8 Å². The highest BCUT2D eigenvalue weighted by molar-refractivity contribution is 7.13. The molecule has 0 saturated carbocycles. The van der Waals surface area contributed by atoms with Crippen LogP contribution in [-0.2, 0) is 16.0 Å². The van der Waals surface area contributed by atoms with Gasteiger partial charge in [0, 0.05) is 19.0 Å². The molecule has 0 aromatic carbocycles. The Bertz CT molecular complexity index is 548.